The van der Waals surface area contributed by atoms with E-state index in [1.54, 1.807) is 18.4 Å². The van der Waals surface area contributed by atoms with Gasteiger partial charge in [-0.3, -0.25) is 0 Å². The van der Waals surface area contributed by atoms with Crippen molar-refractivity contribution in [3.63, 3.8) is 0 Å². The second kappa shape index (κ2) is 4.88. The van der Waals surface area contributed by atoms with Crippen LogP contribution in [-0.2, 0) is 17.8 Å². The molecule has 0 aliphatic heterocycles. The van der Waals surface area contributed by atoms with Gasteiger partial charge in [0.1, 0.15) is 5.65 Å². The van der Waals surface area contributed by atoms with Crippen LogP contribution in [0, 0.1) is 0 Å². The number of nitrogens with zero attached hydrogens (tertiary/aromatic N) is 3. The largest absolute Gasteiger partial charge is 0.378 e. The van der Waals surface area contributed by atoms with Crippen LogP contribution in [0.4, 0.5) is 0 Å². The Balaban J connectivity index is 1.82. The molecule has 0 aromatic carbocycles. The predicted octanol–water partition coefficient (Wildman–Crippen LogP) is 2.53. The molecule has 3 aromatic rings. The van der Waals surface area contributed by atoms with E-state index >= 15 is 0 Å². The maximum absolute atomic E-state index is 5.06. The van der Waals surface area contributed by atoms with E-state index in [2.05, 4.69) is 9.97 Å². The van der Waals surface area contributed by atoms with Crippen LogP contribution in [-0.4, -0.2) is 21.5 Å². The molecule has 0 unspecified atom stereocenters. The molecule has 0 amide bonds. The number of imidazole rings is 1. The molecule has 3 rings (SSSR count). The Morgan fingerprint density at radius 1 is 1.28 bits per heavy atom. The van der Waals surface area contributed by atoms with E-state index in [0.717, 1.165) is 28.5 Å². The summed E-state index contributed by atoms with van der Waals surface area (Å²) in [5, 5.41) is 3.11. The van der Waals surface area contributed by atoms with Gasteiger partial charge in [-0.25, -0.2) is 9.97 Å². The van der Waals surface area contributed by atoms with Crippen molar-refractivity contribution in [3.05, 3.63) is 52.4 Å². The van der Waals surface area contributed by atoms with Crippen LogP contribution >= 0.6 is 11.3 Å². The van der Waals surface area contributed by atoms with Gasteiger partial charge in [0.05, 0.1) is 23.0 Å². The minimum atomic E-state index is 0.571. The van der Waals surface area contributed by atoms with Gasteiger partial charge in [0, 0.05) is 31.3 Å². The first-order valence-electron chi connectivity index (χ1n) is 5.70. The summed E-state index contributed by atoms with van der Waals surface area (Å²) in [6.07, 6.45) is 4.83. The smallest absolute Gasteiger partial charge is 0.136 e. The Kier molecular flexibility index (Phi) is 3.08. The molecule has 0 saturated heterocycles. The monoisotopic (exact) mass is 259 g/mol. The summed E-state index contributed by atoms with van der Waals surface area (Å²) in [6.45, 7) is 0.571. The molecular formula is C13H13N3OS. The molecule has 0 N–H and O–H groups in total. The van der Waals surface area contributed by atoms with E-state index in [0.29, 0.717) is 6.61 Å². The normalized spacial score (nSPS) is 11.2. The second-order valence-electron chi connectivity index (χ2n) is 4.04. The Bertz CT molecular complexity index is 626. The summed E-state index contributed by atoms with van der Waals surface area (Å²) in [4.78, 5) is 9.07. The number of hydrogen-bond acceptors (Lipinski definition) is 4. The molecule has 92 valence electrons. The molecule has 0 fully saturated rings. The van der Waals surface area contributed by atoms with Crippen molar-refractivity contribution in [2.75, 3.05) is 7.11 Å². The van der Waals surface area contributed by atoms with Gasteiger partial charge in [0.15, 0.2) is 0 Å². The van der Waals surface area contributed by atoms with Gasteiger partial charge >= 0.3 is 0 Å². The zero-order valence-corrected chi connectivity index (χ0v) is 10.9. The molecule has 0 radical (unpaired) electrons. The van der Waals surface area contributed by atoms with Crippen LogP contribution in [0.2, 0.25) is 0 Å². The predicted molar refractivity (Wildman–Crippen MR) is 70.8 cm³/mol. The maximum atomic E-state index is 5.06. The van der Waals surface area contributed by atoms with Crippen LogP contribution in [0.25, 0.3) is 5.65 Å². The van der Waals surface area contributed by atoms with Crippen molar-refractivity contribution in [1.29, 1.82) is 0 Å². The Hall–Kier alpha value is -1.72. The zero-order chi connectivity index (χ0) is 12.4. The van der Waals surface area contributed by atoms with Gasteiger partial charge in [0.25, 0.3) is 0 Å². The lowest BCUT2D eigenvalue weighted by atomic mass is 10.3. The fourth-order valence-corrected chi connectivity index (χ4v) is 2.67. The highest BCUT2D eigenvalue weighted by atomic mass is 32.1. The van der Waals surface area contributed by atoms with Crippen LogP contribution in [0.1, 0.15) is 16.4 Å². The van der Waals surface area contributed by atoms with E-state index in [1.165, 1.54) is 0 Å². The molecule has 18 heavy (non-hydrogen) atoms. The molecule has 3 heterocycles. The number of aromatic nitrogens is 3. The molecular weight excluding hydrogens is 246 g/mol. The Morgan fingerprint density at radius 3 is 3.06 bits per heavy atom. The first-order valence-corrected chi connectivity index (χ1v) is 6.58. The SMILES string of the molecule is COCc1csc(Cc2cn3ccccc3n2)n1. The highest BCUT2D eigenvalue weighted by Gasteiger charge is 2.06. The van der Waals surface area contributed by atoms with Crippen molar-refractivity contribution < 1.29 is 4.74 Å². The fourth-order valence-electron chi connectivity index (χ4n) is 1.87. The molecule has 5 heteroatoms. The standard InChI is InChI=1S/C13H13N3OS/c1-17-8-11-9-18-13(15-11)6-10-7-16-5-3-2-4-12(16)14-10/h2-5,7,9H,6,8H2,1H3. The van der Waals surface area contributed by atoms with Crippen molar-refractivity contribution >= 4 is 17.0 Å². The molecule has 0 atom stereocenters. The molecule has 4 nitrogen and oxygen atoms in total. The molecule has 0 aliphatic rings. The summed E-state index contributed by atoms with van der Waals surface area (Å²) < 4.78 is 7.09. The molecule has 0 saturated carbocycles. The highest BCUT2D eigenvalue weighted by molar-refractivity contribution is 7.09. The summed E-state index contributed by atoms with van der Waals surface area (Å²) in [5.41, 5.74) is 3.00. The average Bonchev–Trinajstić information content (AvgIpc) is 2.96. The summed E-state index contributed by atoms with van der Waals surface area (Å²) in [7, 11) is 1.68. The van der Waals surface area contributed by atoms with Crippen molar-refractivity contribution in [2.45, 2.75) is 13.0 Å². The first-order chi connectivity index (χ1) is 8.85. The number of ether oxygens (including phenoxy) is 1. The molecule has 0 bridgehead atoms. The number of methoxy groups -OCH3 is 1. The average molecular weight is 259 g/mol. The van der Waals surface area contributed by atoms with Gasteiger partial charge < -0.3 is 9.14 Å². The summed E-state index contributed by atoms with van der Waals surface area (Å²) in [5.74, 6) is 0. The highest BCUT2D eigenvalue weighted by Crippen LogP contribution is 2.15. The van der Waals surface area contributed by atoms with Crippen LogP contribution in [0.5, 0.6) is 0 Å². The topological polar surface area (TPSA) is 39.4 Å². The van der Waals surface area contributed by atoms with Gasteiger partial charge in [-0.15, -0.1) is 11.3 Å². The zero-order valence-electron chi connectivity index (χ0n) is 10.0. The van der Waals surface area contributed by atoms with Crippen LogP contribution < -0.4 is 0 Å². The quantitative estimate of drug-likeness (QED) is 0.722. The van der Waals surface area contributed by atoms with Crippen LogP contribution in [0.15, 0.2) is 36.0 Å². The molecule has 0 spiro atoms. The lowest BCUT2D eigenvalue weighted by Crippen LogP contribution is -1.90. The molecule has 0 aliphatic carbocycles. The maximum Gasteiger partial charge on any atom is 0.136 e. The minimum Gasteiger partial charge on any atom is -0.378 e. The van der Waals surface area contributed by atoms with E-state index in [4.69, 9.17) is 4.74 Å². The van der Waals surface area contributed by atoms with E-state index in [1.807, 2.05) is 40.4 Å². The number of rotatable bonds is 4. The summed E-state index contributed by atoms with van der Waals surface area (Å²) >= 11 is 1.65. The first kappa shape index (κ1) is 11.4. The van der Waals surface area contributed by atoms with Gasteiger partial charge in [0.2, 0.25) is 0 Å². The van der Waals surface area contributed by atoms with Gasteiger partial charge in [-0.2, -0.15) is 0 Å². The third-order valence-corrected chi connectivity index (χ3v) is 3.54. The van der Waals surface area contributed by atoms with Crippen molar-refractivity contribution in [3.8, 4) is 0 Å². The second-order valence-corrected chi connectivity index (χ2v) is 4.98. The van der Waals surface area contributed by atoms with E-state index in [9.17, 15) is 0 Å². The van der Waals surface area contributed by atoms with Gasteiger partial charge in [-0.1, -0.05) is 6.07 Å². The summed E-state index contributed by atoms with van der Waals surface area (Å²) in [6, 6.07) is 5.99. The molecule has 3 aromatic heterocycles. The van der Waals surface area contributed by atoms with Crippen LogP contribution in [0.3, 0.4) is 0 Å². The van der Waals surface area contributed by atoms with Gasteiger partial charge in [-0.05, 0) is 12.1 Å². The number of thiazole rings is 1. The number of pyridine rings is 1. The lowest BCUT2D eigenvalue weighted by Gasteiger charge is -1.92. The lowest BCUT2D eigenvalue weighted by molar-refractivity contribution is 0.182. The third kappa shape index (κ3) is 2.27. The third-order valence-electron chi connectivity index (χ3n) is 2.64. The Labute approximate surface area is 109 Å². The van der Waals surface area contributed by atoms with E-state index < -0.39 is 0 Å². The van der Waals surface area contributed by atoms with Crippen molar-refractivity contribution in [2.24, 2.45) is 0 Å². The Morgan fingerprint density at radius 2 is 2.22 bits per heavy atom. The number of hydrogen-bond donors (Lipinski definition) is 0. The number of fused-ring (bicyclic) bond motifs is 1. The van der Waals surface area contributed by atoms with E-state index in [-0.39, 0.29) is 0 Å². The fraction of sp³-hybridized carbons (Fsp3) is 0.231. The van der Waals surface area contributed by atoms with Crippen molar-refractivity contribution in [1.82, 2.24) is 14.4 Å². The minimum absolute atomic E-state index is 0.571.